The van der Waals surface area contributed by atoms with E-state index >= 15 is 0 Å². The highest BCUT2D eigenvalue weighted by molar-refractivity contribution is 8.05. The fourth-order valence-corrected chi connectivity index (χ4v) is 6.93. The molecule has 0 bridgehead atoms. The first-order chi connectivity index (χ1) is 14.8. The van der Waals surface area contributed by atoms with E-state index in [0.717, 1.165) is 17.3 Å². The number of nitrogens with zero attached hydrogens (tertiary/aromatic N) is 1. The van der Waals surface area contributed by atoms with Crippen molar-refractivity contribution >= 4 is 64.5 Å². The average Bonchev–Trinajstić information content (AvgIpc) is 2.76. The van der Waals surface area contributed by atoms with Crippen molar-refractivity contribution in [3.8, 4) is 0 Å². The van der Waals surface area contributed by atoms with Crippen LogP contribution in [0.3, 0.4) is 0 Å². The van der Waals surface area contributed by atoms with Gasteiger partial charge in [-0.05, 0) is 17.7 Å². The van der Waals surface area contributed by atoms with Gasteiger partial charge in [0.1, 0.15) is 16.2 Å². The summed E-state index contributed by atoms with van der Waals surface area (Å²) in [6.07, 6.45) is 0.185. The molecule has 10 heteroatoms. The number of carbonyl (C=O) groups is 3. The van der Waals surface area contributed by atoms with Gasteiger partial charge in [-0.3, -0.25) is 14.4 Å². The Morgan fingerprint density at radius 2 is 1.94 bits per heavy atom. The lowest BCUT2D eigenvalue weighted by Crippen LogP contribution is -2.74. The van der Waals surface area contributed by atoms with Crippen molar-refractivity contribution in [1.29, 1.82) is 0 Å². The molecule has 2 fully saturated rings. The number of aliphatic carboxylic acids is 1. The maximum atomic E-state index is 12.7. The lowest BCUT2D eigenvalue weighted by Gasteiger charge is -2.53. The van der Waals surface area contributed by atoms with Gasteiger partial charge in [0.05, 0.1) is 16.5 Å². The first-order valence-electron chi connectivity index (χ1n) is 9.42. The predicted molar refractivity (Wildman–Crippen MR) is 123 cm³/mol. The van der Waals surface area contributed by atoms with Gasteiger partial charge >= 0.3 is 5.97 Å². The van der Waals surface area contributed by atoms with Gasteiger partial charge in [-0.25, -0.2) is 0 Å². The smallest absolute Gasteiger partial charge is 0.322 e. The number of β-lactam (4-membered cyclic amide) rings is 1. The third kappa shape index (κ3) is 4.39. The molecular weight excluding hydrogens is 479 g/mol. The molecule has 2 saturated heterocycles. The van der Waals surface area contributed by atoms with Crippen LogP contribution in [0.4, 0.5) is 0 Å². The quantitative estimate of drug-likeness (QED) is 0.594. The van der Waals surface area contributed by atoms with Crippen LogP contribution in [-0.4, -0.2) is 56.3 Å². The minimum absolute atomic E-state index is 0.0252. The molecule has 2 N–H and O–H groups in total. The summed E-state index contributed by atoms with van der Waals surface area (Å²) in [7, 11) is 0. The van der Waals surface area contributed by atoms with E-state index in [0.29, 0.717) is 14.9 Å². The lowest BCUT2D eigenvalue weighted by atomic mass is 10.0. The van der Waals surface area contributed by atoms with Crippen LogP contribution in [0, 0.1) is 0 Å². The summed E-state index contributed by atoms with van der Waals surface area (Å²) in [6.45, 7) is 0.0252. The normalized spacial score (nSPS) is 24.8. The van der Waals surface area contributed by atoms with Crippen LogP contribution in [0.2, 0.25) is 10.0 Å². The second-order valence-corrected chi connectivity index (χ2v) is 10.6. The van der Waals surface area contributed by atoms with Crippen molar-refractivity contribution in [2.75, 3.05) is 12.3 Å². The number of halogens is 2. The van der Waals surface area contributed by atoms with Gasteiger partial charge in [0.2, 0.25) is 11.8 Å². The van der Waals surface area contributed by atoms with Gasteiger partial charge in [-0.15, -0.1) is 23.5 Å². The van der Waals surface area contributed by atoms with Crippen LogP contribution < -0.4 is 5.32 Å². The van der Waals surface area contributed by atoms with E-state index in [4.69, 9.17) is 23.2 Å². The second kappa shape index (κ2) is 8.94. The molecule has 2 heterocycles. The minimum atomic E-state index is -1.26. The SMILES string of the molecule is O=C(Cc1ccccc1)NC1C(=O)N2CC(Sc3cccc(Cl)c3Cl)(C(=O)O)CS[C@H]12. The number of hydrogen-bond donors (Lipinski definition) is 2. The molecule has 2 amide bonds. The molecule has 2 unspecified atom stereocenters. The number of rotatable bonds is 6. The number of nitrogens with one attached hydrogen (secondary N) is 1. The summed E-state index contributed by atoms with van der Waals surface area (Å²) in [5, 5.41) is 13.1. The highest BCUT2D eigenvalue weighted by atomic mass is 35.5. The summed E-state index contributed by atoms with van der Waals surface area (Å²) in [5.74, 6) is -1.28. The Morgan fingerprint density at radius 3 is 2.65 bits per heavy atom. The maximum absolute atomic E-state index is 12.7. The van der Waals surface area contributed by atoms with E-state index < -0.39 is 16.8 Å². The van der Waals surface area contributed by atoms with Gasteiger partial charge in [-0.2, -0.15) is 0 Å². The summed E-state index contributed by atoms with van der Waals surface area (Å²) in [5.41, 5.74) is 0.861. The third-order valence-corrected chi connectivity index (χ3v) is 9.23. The zero-order chi connectivity index (χ0) is 22.2. The van der Waals surface area contributed by atoms with Crippen molar-refractivity contribution < 1.29 is 19.5 Å². The number of amides is 2. The molecule has 162 valence electrons. The van der Waals surface area contributed by atoms with E-state index in [1.165, 1.54) is 16.7 Å². The zero-order valence-corrected chi connectivity index (χ0v) is 19.2. The maximum Gasteiger partial charge on any atom is 0.322 e. The Balaban J connectivity index is 1.44. The predicted octanol–water partition coefficient (Wildman–Crippen LogP) is 3.55. The van der Waals surface area contributed by atoms with E-state index in [9.17, 15) is 19.5 Å². The molecule has 31 heavy (non-hydrogen) atoms. The third-order valence-electron chi connectivity index (χ3n) is 5.19. The standard InChI is InChI=1S/C21H18Cl2N2O4S2/c22-13-7-4-8-14(16(13)23)31-21(20(28)29)10-25-18(27)17(19(25)30-11-21)24-15(26)9-12-5-2-1-3-6-12/h1-8,17,19H,9-11H2,(H,24,26)(H,28,29)/t17?,19-,21?/m1/s1. The van der Waals surface area contributed by atoms with Gasteiger partial charge in [-0.1, -0.05) is 59.6 Å². The van der Waals surface area contributed by atoms with Crippen LogP contribution in [-0.2, 0) is 20.8 Å². The number of carbonyl (C=O) groups excluding carboxylic acids is 2. The Morgan fingerprint density at radius 1 is 1.19 bits per heavy atom. The molecular formula is C21H18Cl2N2O4S2. The molecule has 0 aromatic heterocycles. The van der Waals surface area contributed by atoms with Crippen molar-refractivity contribution in [3.05, 3.63) is 64.1 Å². The van der Waals surface area contributed by atoms with E-state index in [2.05, 4.69) is 5.32 Å². The second-order valence-electron chi connectivity index (χ2n) is 7.33. The monoisotopic (exact) mass is 496 g/mol. The zero-order valence-electron chi connectivity index (χ0n) is 16.1. The molecule has 6 nitrogen and oxygen atoms in total. The van der Waals surface area contributed by atoms with Crippen LogP contribution in [0.15, 0.2) is 53.4 Å². The van der Waals surface area contributed by atoms with Gasteiger partial charge in [0.25, 0.3) is 0 Å². The van der Waals surface area contributed by atoms with E-state index in [-0.39, 0.29) is 35.9 Å². The summed E-state index contributed by atoms with van der Waals surface area (Å²) < 4.78 is -1.26. The first kappa shape index (κ1) is 22.3. The Kier molecular flexibility index (Phi) is 6.44. The molecule has 0 spiro atoms. The molecule has 4 rings (SSSR count). The first-order valence-corrected chi connectivity index (χ1v) is 12.0. The number of benzene rings is 2. The molecule has 2 aliphatic rings. The van der Waals surface area contributed by atoms with E-state index in [1.54, 1.807) is 18.2 Å². The topological polar surface area (TPSA) is 86.7 Å². The Labute approximate surface area is 197 Å². The van der Waals surface area contributed by atoms with Crippen LogP contribution in [0.5, 0.6) is 0 Å². The van der Waals surface area contributed by atoms with Crippen LogP contribution >= 0.6 is 46.7 Å². The van der Waals surface area contributed by atoms with Crippen molar-refractivity contribution in [1.82, 2.24) is 10.2 Å². The fourth-order valence-electron chi connectivity index (χ4n) is 3.57. The summed E-state index contributed by atoms with van der Waals surface area (Å²) >= 11 is 14.8. The Hall–Kier alpha value is -1.87. The largest absolute Gasteiger partial charge is 0.480 e. The molecule has 2 aromatic carbocycles. The minimum Gasteiger partial charge on any atom is -0.480 e. The average molecular weight is 497 g/mol. The number of fused-ring (bicyclic) bond motifs is 1. The van der Waals surface area contributed by atoms with Gasteiger partial charge in [0, 0.05) is 17.2 Å². The number of hydrogen-bond acceptors (Lipinski definition) is 5. The molecule has 0 aliphatic carbocycles. The number of carboxylic acid groups (broad SMARTS) is 1. The molecule has 0 radical (unpaired) electrons. The fraction of sp³-hybridized carbons (Fsp3) is 0.286. The molecule has 2 aliphatic heterocycles. The van der Waals surface area contributed by atoms with Gasteiger partial charge in [0.15, 0.2) is 0 Å². The highest BCUT2D eigenvalue weighted by Crippen LogP contribution is 2.48. The van der Waals surface area contributed by atoms with Crippen molar-refractivity contribution in [2.24, 2.45) is 0 Å². The highest BCUT2D eigenvalue weighted by Gasteiger charge is 2.58. The number of carboxylic acids is 1. The van der Waals surface area contributed by atoms with Crippen LogP contribution in [0.25, 0.3) is 0 Å². The summed E-state index contributed by atoms with van der Waals surface area (Å²) in [4.78, 5) is 39.4. The molecule has 0 saturated carbocycles. The molecule has 3 atom stereocenters. The number of thioether (sulfide) groups is 2. The summed E-state index contributed by atoms with van der Waals surface area (Å²) in [6, 6.07) is 13.7. The van der Waals surface area contributed by atoms with Gasteiger partial charge < -0.3 is 15.3 Å². The van der Waals surface area contributed by atoms with Crippen molar-refractivity contribution in [3.63, 3.8) is 0 Å². The molecule has 2 aromatic rings. The van der Waals surface area contributed by atoms with Crippen molar-refractivity contribution in [2.45, 2.75) is 27.5 Å². The van der Waals surface area contributed by atoms with E-state index in [1.807, 2.05) is 30.3 Å². The lowest BCUT2D eigenvalue weighted by molar-refractivity contribution is -0.152. The van der Waals surface area contributed by atoms with Crippen LogP contribution in [0.1, 0.15) is 5.56 Å². The Bertz CT molecular complexity index is 1040.